The minimum absolute atomic E-state index is 0.646. The largest absolute Gasteiger partial charge is 0.384 e. The molecule has 106 valence electrons. The highest BCUT2D eigenvalue weighted by Gasteiger charge is 2.34. The maximum absolute atomic E-state index is 10.8. The summed E-state index contributed by atoms with van der Waals surface area (Å²) in [5.41, 5.74) is 0.206. The van der Waals surface area contributed by atoms with E-state index in [1.807, 2.05) is 37.3 Å². The Morgan fingerprint density at radius 1 is 1.20 bits per heavy atom. The minimum atomic E-state index is -0.791. The van der Waals surface area contributed by atoms with Crippen LogP contribution in [0.25, 0.3) is 0 Å². The molecule has 0 radical (unpaired) electrons. The standard InChI is InChI=1S/C17H21NOS/c1-17(19,14-6-3-2-4-7-14)13-18(15-9-10-15)12-16-8-5-11-20-16/h2-8,11,15,19H,9-10,12-13H2,1H3. The van der Waals surface area contributed by atoms with Gasteiger partial charge < -0.3 is 5.11 Å². The summed E-state index contributed by atoms with van der Waals surface area (Å²) < 4.78 is 0. The Labute approximate surface area is 124 Å². The molecule has 1 aromatic carbocycles. The van der Waals surface area contributed by atoms with E-state index in [-0.39, 0.29) is 0 Å². The van der Waals surface area contributed by atoms with Gasteiger partial charge in [-0.05, 0) is 36.8 Å². The summed E-state index contributed by atoms with van der Waals surface area (Å²) in [5, 5.41) is 12.9. The summed E-state index contributed by atoms with van der Waals surface area (Å²) in [5.74, 6) is 0. The highest BCUT2D eigenvalue weighted by atomic mass is 32.1. The van der Waals surface area contributed by atoms with Gasteiger partial charge in [0.1, 0.15) is 0 Å². The van der Waals surface area contributed by atoms with Gasteiger partial charge >= 0.3 is 0 Å². The van der Waals surface area contributed by atoms with Crippen molar-refractivity contribution < 1.29 is 5.11 Å². The molecule has 1 N–H and O–H groups in total. The third-order valence-corrected chi connectivity index (χ3v) is 4.77. The Balaban J connectivity index is 1.72. The predicted octanol–water partition coefficient (Wildman–Crippen LogP) is 3.62. The zero-order valence-electron chi connectivity index (χ0n) is 11.8. The number of thiophene rings is 1. The molecule has 1 saturated carbocycles. The van der Waals surface area contributed by atoms with E-state index in [9.17, 15) is 5.11 Å². The molecule has 1 unspecified atom stereocenters. The van der Waals surface area contributed by atoms with Crippen molar-refractivity contribution in [3.05, 3.63) is 58.3 Å². The number of aliphatic hydroxyl groups is 1. The summed E-state index contributed by atoms with van der Waals surface area (Å²) >= 11 is 1.79. The van der Waals surface area contributed by atoms with Gasteiger partial charge in [-0.1, -0.05) is 36.4 Å². The van der Waals surface area contributed by atoms with E-state index in [4.69, 9.17) is 0 Å². The van der Waals surface area contributed by atoms with Crippen LogP contribution in [-0.4, -0.2) is 22.6 Å². The number of rotatable bonds is 6. The van der Waals surface area contributed by atoms with E-state index in [0.717, 1.165) is 12.1 Å². The third kappa shape index (κ3) is 3.29. The maximum atomic E-state index is 10.8. The molecule has 3 rings (SSSR count). The molecule has 0 amide bonds. The quantitative estimate of drug-likeness (QED) is 0.877. The number of hydrogen-bond acceptors (Lipinski definition) is 3. The number of nitrogens with zero attached hydrogens (tertiary/aromatic N) is 1. The van der Waals surface area contributed by atoms with Crippen molar-refractivity contribution in [2.75, 3.05) is 6.54 Å². The molecule has 1 atom stereocenters. The van der Waals surface area contributed by atoms with Gasteiger partial charge in [0.15, 0.2) is 0 Å². The molecular formula is C17H21NOS. The third-order valence-electron chi connectivity index (χ3n) is 3.91. The molecular weight excluding hydrogens is 266 g/mol. The van der Waals surface area contributed by atoms with Crippen LogP contribution < -0.4 is 0 Å². The molecule has 1 aliphatic rings. The summed E-state index contributed by atoms with van der Waals surface area (Å²) in [6, 6.07) is 14.9. The second-order valence-electron chi connectivity index (χ2n) is 5.86. The van der Waals surface area contributed by atoms with Crippen molar-refractivity contribution in [2.24, 2.45) is 0 Å². The minimum Gasteiger partial charge on any atom is -0.384 e. The SMILES string of the molecule is CC(O)(CN(Cc1cccs1)C1CC1)c1ccccc1. The topological polar surface area (TPSA) is 23.5 Å². The first-order valence-electron chi connectivity index (χ1n) is 7.19. The molecule has 1 heterocycles. The molecule has 0 aliphatic heterocycles. The summed E-state index contributed by atoms with van der Waals surface area (Å²) in [4.78, 5) is 3.81. The number of hydrogen-bond donors (Lipinski definition) is 1. The Morgan fingerprint density at radius 2 is 1.95 bits per heavy atom. The van der Waals surface area contributed by atoms with Crippen LogP contribution in [0.15, 0.2) is 47.8 Å². The van der Waals surface area contributed by atoms with Crippen molar-refractivity contribution in [1.82, 2.24) is 4.90 Å². The monoisotopic (exact) mass is 287 g/mol. The van der Waals surface area contributed by atoms with E-state index in [1.54, 1.807) is 11.3 Å². The molecule has 1 aliphatic carbocycles. The van der Waals surface area contributed by atoms with E-state index in [0.29, 0.717) is 12.6 Å². The molecule has 0 bridgehead atoms. The predicted molar refractivity (Wildman–Crippen MR) is 83.8 cm³/mol. The van der Waals surface area contributed by atoms with Crippen LogP contribution in [0.3, 0.4) is 0 Å². The van der Waals surface area contributed by atoms with Crippen molar-refractivity contribution in [3.63, 3.8) is 0 Å². The zero-order chi connectivity index (χ0) is 14.0. The Morgan fingerprint density at radius 3 is 2.55 bits per heavy atom. The number of benzene rings is 1. The van der Waals surface area contributed by atoms with Crippen LogP contribution in [0.2, 0.25) is 0 Å². The van der Waals surface area contributed by atoms with Gasteiger partial charge in [-0.2, -0.15) is 0 Å². The van der Waals surface area contributed by atoms with Gasteiger partial charge in [-0.3, -0.25) is 4.90 Å². The van der Waals surface area contributed by atoms with Gasteiger partial charge in [-0.15, -0.1) is 11.3 Å². The van der Waals surface area contributed by atoms with E-state index in [2.05, 4.69) is 22.4 Å². The van der Waals surface area contributed by atoms with Crippen LogP contribution >= 0.6 is 11.3 Å². The van der Waals surface area contributed by atoms with Gasteiger partial charge in [-0.25, -0.2) is 0 Å². The molecule has 0 saturated heterocycles. The lowest BCUT2D eigenvalue weighted by molar-refractivity contribution is 0.0107. The van der Waals surface area contributed by atoms with Crippen LogP contribution in [0.5, 0.6) is 0 Å². The summed E-state index contributed by atoms with van der Waals surface area (Å²) in [7, 11) is 0. The first-order valence-corrected chi connectivity index (χ1v) is 8.07. The van der Waals surface area contributed by atoms with Crippen LogP contribution in [0, 0.1) is 0 Å². The lowest BCUT2D eigenvalue weighted by Gasteiger charge is -2.32. The molecule has 3 heteroatoms. The van der Waals surface area contributed by atoms with Crippen LogP contribution in [0.1, 0.15) is 30.2 Å². The second kappa shape index (κ2) is 5.68. The normalized spacial score (nSPS) is 18.1. The molecule has 1 fully saturated rings. The van der Waals surface area contributed by atoms with E-state index >= 15 is 0 Å². The molecule has 1 aromatic heterocycles. The molecule has 0 spiro atoms. The molecule has 20 heavy (non-hydrogen) atoms. The fourth-order valence-corrected chi connectivity index (χ4v) is 3.37. The Bertz CT molecular complexity index is 531. The van der Waals surface area contributed by atoms with Crippen molar-refractivity contribution >= 4 is 11.3 Å². The molecule has 2 aromatic rings. The van der Waals surface area contributed by atoms with Crippen LogP contribution in [0.4, 0.5) is 0 Å². The lowest BCUT2D eigenvalue weighted by atomic mass is 9.95. The first kappa shape index (κ1) is 13.8. The smallest absolute Gasteiger partial charge is 0.0995 e. The van der Waals surface area contributed by atoms with Crippen LogP contribution in [-0.2, 0) is 12.1 Å². The average molecular weight is 287 g/mol. The first-order chi connectivity index (χ1) is 9.65. The Kier molecular flexibility index (Phi) is 3.92. The van der Waals surface area contributed by atoms with Crippen molar-refractivity contribution in [2.45, 2.75) is 38.0 Å². The lowest BCUT2D eigenvalue weighted by Crippen LogP contribution is -2.39. The zero-order valence-corrected chi connectivity index (χ0v) is 12.6. The molecule has 2 nitrogen and oxygen atoms in total. The van der Waals surface area contributed by atoms with Gasteiger partial charge in [0.05, 0.1) is 5.60 Å². The van der Waals surface area contributed by atoms with E-state index in [1.165, 1.54) is 17.7 Å². The maximum Gasteiger partial charge on any atom is 0.0995 e. The van der Waals surface area contributed by atoms with Gasteiger partial charge in [0.2, 0.25) is 0 Å². The van der Waals surface area contributed by atoms with Crippen molar-refractivity contribution in [1.29, 1.82) is 0 Å². The average Bonchev–Trinajstić information content (AvgIpc) is 3.18. The highest BCUT2D eigenvalue weighted by Crippen LogP contribution is 2.32. The highest BCUT2D eigenvalue weighted by molar-refractivity contribution is 7.09. The van der Waals surface area contributed by atoms with E-state index < -0.39 is 5.60 Å². The fraction of sp³-hybridized carbons (Fsp3) is 0.412. The second-order valence-corrected chi connectivity index (χ2v) is 6.89. The summed E-state index contributed by atoms with van der Waals surface area (Å²) in [6.07, 6.45) is 2.52. The summed E-state index contributed by atoms with van der Waals surface area (Å²) in [6.45, 7) is 3.57. The Hall–Kier alpha value is -1.16. The fourth-order valence-electron chi connectivity index (χ4n) is 2.64. The van der Waals surface area contributed by atoms with Gasteiger partial charge in [0, 0.05) is 24.0 Å². The van der Waals surface area contributed by atoms with Crippen molar-refractivity contribution in [3.8, 4) is 0 Å². The van der Waals surface area contributed by atoms with Gasteiger partial charge in [0.25, 0.3) is 0 Å².